The number of hydrogen-bond acceptors (Lipinski definition) is 5. The molecule has 1 aliphatic heterocycles. The zero-order chi connectivity index (χ0) is 26.2. The molecule has 0 aromatic heterocycles. The van der Waals surface area contributed by atoms with Crippen molar-refractivity contribution in [3.63, 3.8) is 0 Å². The van der Waals surface area contributed by atoms with Crippen LogP contribution in [0, 0.1) is 24.4 Å². The number of likely N-dealkylation sites (tertiary alicyclic amines) is 1. The van der Waals surface area contributed by atoms with Gasteiger partial charge in [0.2, 0.25) is 0 Å². The van der Waals surface area contributed by atoms with Crippen molar-refractivity contribution < 1.29 is 32.5 Å². The Morgan fingerprint density at radius 3 is 2.72 bits per heavy atom. The highest BCUT2D eigenvalue weighted by Gasteiger charge is 2.27. The van der Waals surface area contributed by atoms with Crippen molar-refractivity contribution in [3.8, 4) is 0 Å². The SMILES string of the molecule is CCOC(=O)/C=C/c1c(F)cc(F)cc1[C@@H](C)OC[C@H](O)CN1CCC[C@H]1Cc1ccc(C)c(F)c1. The van der Waals surface area contributed by atoms with Crippen LogP contribution in [-0.4, -0.2) is 54.4 Å². The minimum Gasteiger partial charge on any atom is -0.463 e. The van der Waals surface area contributed by atoms with Crippen molar-refractivity contribution in [1.29, 1.82) is 0 Å². The van der Waals surface area contributed by atoms with Crippen LogP contribution in [0.3, 0.4) is 0 Å². The predicted octanol–water partition coefficient (Wildman–Crippen LogP) is 5.13. The number of ether oxygens (including phenoxy) is 2. The number of hydrogen-bond donors (Lipinski definition) is 1. The van der Waals surface area contributed by atoms with Crippen molar-refractivity contribution in [2.24, 2.45) is 0 Å². The molecule has 36 heavy (non-hydrogen) atoms. The minimum atomic E-state index is -0.825. The van der Waals surface area contributed by atoms with E-state index < -0.39 is 29.8 Å². The van der Waals surface area contributed by atoms with E-state index >= 15 is 0 Å². The third-order valence-corrected chi connectivity index (χ3v) is 6.43. The van der Waals surface area contributed by atoms with Crippen LogP contribution >= 0.6 is 0 Å². The Morgan fingerprint density at radius 2 is 2.00 bits per heavy atom. The maximum Gasteiger partial charge on any atom is 0.330 e. The molecule has 2 aromatic carbocycles. The lowest BCUT2D eigenvalue weighted by atomic mass is 10.0. The molecular formula is C28H34F3NO4. The lowest BCUT2D eigenvalue weighted by Crippen LogP contribution is -2.39. The molecule has 0 aliphatic carbocycles. The summed E-state index contributed by atoms with van der Waals surface area (Å²) in [6.45, 7) is 6.36. The lowest BCUT2D eigenvalue weighted by Gasteiger charge is -2.27. The second-order valence-electron chi connectivity index (χ2n) is 9.18. The first-order valence-corrected chi connectivity index (χ1v) is 12.3. The van der Waals surface area contributed by atoms with Gasteiger partial charge in [-0.15, -0.1) is 0 Å². The number of carbonyl (C=O) groups is 1. The lowest BCUT2D eigenvalue weighted by molar-refractivity contribution is -0.137. The van der Waals surface area contributed by atoms with E-state index in [1.807, 2.05) is 6.07 Å². The van der Waals surface area contributed by atoms with Crippen LogP contribution < -0.4 is 0 Å². The Hall–Kier alpha value is -2.68. The first-order chi connectivity index (χ1) is 17.2. The fourth-order valence-electron chi connectivity index (χ4n) is 4.53. The highest BCUT2D eigenvalue weighted by atomic mass is 19.1. The van der Waals surface area contributed by atoms with Gasteiger partial charge in [-0.05, 0) is 81.5 Å². The average molecular weight is 506 g/mol. The van der Waals surface area contributed by atoms with Crippen molar-refractivity contribution in [1.82, 2.24) is 4.90 Å². The molecular weight excluding hydrogens is 471 g/mol. The van der Waals surface area contributed by atoms with E-state index in [4.69, 9.17) is 9.47 Å². The summed E-state index contributed by atoms with van der Waals surface area (Å²) in [5.74, 6) is -2.44. The van der Waals surface area contributed by atoms with Crippen molar-refractivity contribution in [3.05, 3.63) is 76.1 Å². The number of nitrogens with zero attached hydrogens (tertiary/aromatic N) is 1. The average Bonchev–Trinajstić information content (AvgIpc) is 3.25. The summed E-state index contributed by atoms with van der Waals surface area (Å²) in [6, 6.07) is 7.36. The smallest absolute Gasteiger partial charge is 0.330 e. The molecule has 196 valence electrons. The second-order valence-corrected chi connectivity index (χ2v) is 9.18. The third kappa shape index (κ3) is 7.66. The molecule has 8 heteroatoms. The van der Waals surface area contributed by atoms with Crippen molar-refractivity contribution in [2.45, 2.75) is 58.3 Å². The van der Waals surface area contributed by atoms with Gasteiger partial charge < -0.3 is 14.6 Å². The van der Waals surface area contributed by atoms with Crippen LogP contribution in [0.25, 0.3) is 6.08 Å². The van der Waals surface area contributed by atoms with E-state index in [0.29, 0.717) is 18.5 Å². The number of benzene rings is 2. The monoisotopic (exact) mass is 505 g/mol. The number of esters is 1. The van der Waals surface area contributed by atoms with Gasteiger partial charge in [-0.1, -0.05) is 12.1 Å². The molecule has 3 atom stereocenters. The molecule has 0 radical (unpaired) electrons. The topological polar surface area (TPSA) is 59.0 Å². The zero-order valence-electron chi connectivity index (χ0n) is 21.0. The molecule has 5 nitrogen and oxygen atoms in total. The normalized spacial score (nSPS) is 18.0. The van der Waals surface area contributed by atoms with E-state index in [9.17, 15) is 23.1 Å². The van der Waals surface area contributed by atoms with E-state index in [-0.39, 0.29) is 36.2 Å². The van der Waals surface area contributed by atoms with Crippen molar-refractivity contribution >= 4 is 12.0 Å². The highest BCUT2D eigenvalue weighted by Crippen LogP contribution is 2.27. The molecule has 1 saturated heterocycles. The molecule has 3 rings (SSSR count). The van der Waals surface area contributed by atoms with Gasteiger partial charge in [-0.2, -0.15) is 0 Å². The number of aliphatic hydroxyl groups excluding tert-OH is 1. The second kappa shape index (κ2) is 13.0. The Labute approximate surface area is 210 Å². The Kier molecular flexibility index (Phi) is 10.1. The quantitative estimate of drug-likeness (QED) is 0.339. The Bertz CT molecular complexity index is 1080. The summed E-state index contributed by atoms with van der Waals surface area (Å²) in [7, 11) is 0. The van der Waals surface area contributed by atoms with E-state index in [1.54, 1.807) is 32.9 Å². The van der Waals surface area contributed by atoms with Crippen LogP contribution in [-0.2, 0) is 20.7 Å². The van der Waals surface area contributed by atoms with Gasteiger partial charge in [0.15, 0.2) is 0 Å². The van der Waals surface area contributed by atoms with E-state index in [0.717, 1.165) is 43.2 Å². The van der Waals surface area contributed by atoms with Gasteiger partial charge >= 0.3 is 5.97 Å². The van der Waals surface area contributed by atoms with Gasteiger partial charge in [0, 0.05) is 30.3 Å². The maximum atomic E-state index is 14.5. The van der Waals surface area contributed by atoms with Gasteiger partial charge in [0.1, 0.15) is 17.5 Å². The summed E-state index contributed by atoms with van der Waals surface area (Å²) < 4.78 is 52.9. The van der Waals surface area contributed by atoms with Crippen LogP contribution in [0.2, 0.25) is 0 Å². The summed E-state index contributed by atoms with van der Waals surface area (Å²) in [5, 5.41) is 10.6. The number of β-amino-alcohol motifs (C(OH)–C–C–N with tert-alkyl or cyclic N) is 1. The molecule has 1 fully saturated rings. The van der Waals surface area contributed by atoms with Crippen molar-refractivity contribution in [2.75, 3.05) is 26.3 Å². The Morgan fingerprint density at radius 1 is 1.22 bits per heavy atom. The van der Waals surface area contributed by atoms with Crippen LogP contribution in [0.4, 0.5) is 13.2 Å². The first kappa shape index (κ1) is 27.9. The van der Waals surface area contributed by atoms with E-state index in [1.165, 1.54) is 6.08 Å². The number of aliphatic hydroxyl groups is 1. The molecule has 0 spiro atoms. The summed E-state index contributed by atoms with van der Waals surface area (Å²) in [6.07, 6.45) is 3.40. The van der Waals surface area contributed by atoms with Gasteiger partial charge in [0.25, 0.3) is 0 Å². The molecule has 1 N–H and O–H groups in total. The number of rotatable bonds is 11. The number of halogens is 3. The summed E-state index contributed by atoms with van der Waals surface area (Å²) in [4.78, 5) is 13.8. The molecule has 1 aliphatic rings. The number of carbonyl (C=O) groups excluding carboxylic acids is 1. The van der Waals surface area contributed by atoms with Gasteiger partial charge in [-0.3, -0.25) is 4.90 Å². The zero-order valence-corrected chi connectivity index (χ0v) is 21.0. The summed E-state index contributed by atoms with van der Waals surface area (Å²) in [5.41, 5.74) is 1.78. The maximum absolute atomic E-state index is 14.5. The molecule has 0 saturated carbocycles. The standard InChI is InChI=1S/C28H34F3NO4/c1-4-35-28(34)10-9-24-25(14-21(29)15-27(24)31)19(3)36-17-23(33)16-32-11-5-6-22(32)12-20-8-7-18(2)26(30)13-20/h7-10,13-15,19,22-23,33H,4-6,11-12,16-17H2,1-3H3/b10-9+/t19-,22+,23-/m1/s1. The Balaban J connectivity index is 1.60. The number of aryl methyl sites for hydroxylation is 1. The highest BCUT2D eigenvalue weighted by molar-refractivity contribution is 5.87. The van der Waals surface area contributed by atoms with Crippen LogP contribution in [0.5, 0.6) is 0 Å². The summed E-state index contributed by atoms with van der Waals surface area (Å²) >= 11 is 0. The third-order valence-electron chi connectivity index (χ3n) is 6.43. The van der Waals surface area contributed by atoms with Gasteiger partial charge in [-0.25, -0.2) is 18.0 Å². The van der Waals surface area contributed by atoms with Gasteiger partial charge in [0.05, 0.1) is 25.4 Å². The molecule has 0 bridgehead atoms. The first-order valence-electron chi connectivity index (χ1n) is 12.3. The molecule has 0 unspecified atom stereocenters. The molecule has 2 aromatic rings. The van der Waals surface area contributed by atoms with E-state index in [2.05, 4.69) is 4.90 Å². The molecule has 1 heterocycles. The predicted molar refractivity (Wildman–Crippen MR) is 132 cm³/mol. The van der Waals surface area contributed by atoms with Crippen LogP contribution in [0.15, 0.2) is 36.4 Å². The fourth-order valence-corrected chi connectivity index (χ4v) is 4.53. The minimum absolute atomic E-state index is 0.0244. The largest absolute Gasteiger partial charge is 0.463 e. The fraction of sp³-hybridized carbons (Fsp3) is 0.464. The van der Waals surface area contributed by atoms with Crippen LogP contribution in [0.1, 0.15) is 55.0 Å². The molecule has 0 amide bonds.